The average Bonchev–Trinajstić information content (AvgIpc) is 3.47. The highest BCUT2D eigenvalue weighted by atomic mass is 127. The van der Waals surface area contributed by atoms with Crippen LogP contribution < -0.4 is 5.73 Å². The zero-order chi connectivity index (χ0) is 25.6. The summed E-state index contributed by atoms with van der Waals surface area (Å²) in [6.45, 7) is -0.447. The number of aliphatic hydroxyl groups is 2. The molecule has 0 bridgehead atoms. The normalized spacial score (nSPS) is 27.9. The van der Waals surface area contributed by atoms with Gasteiger partial charge in [0.2, 0.25) is 7.49 Å². The summed E-state index contributed by atoms with van der Waals surface area (Å²) in [5, 5.41) is 21.0. The van der Waals surface area contributed by atoms with E-state index in [0.29, 0.717) is 5.52 Å². The van der Waals surface area contributed by atoms with Crippen molar-refractivity contribution in [1.29, 1.82) is 0 Å². The van der Waals surface area contributed by atoms with Crippen LogP contribution in [0, 0.1) is 0 Å². The van der Waals surface area contributed by atoms with Crippen LogP contribution in [-0.2, 0) is 17.9 Å². The lowest BCUT2D eigenvalue weighted by Gasteiger charge is -2.25. The molecule has 0 radical (unpaired) electrons. The molecule has 7 atom stereocenters. The molecule has 1 aliphatic heterocycles. The number of hydrogen-bond acceptors (Lipinski definition) is 14. The molecule has 7 N–H and O–H groups in total. The molecule has 0 aromatic carbocycles. The largest absolute Gasteiger partial charge is 0.481 e. The quantitative estimate of drug-likeness (QED) is 0.134. The number of nitrogens with two attached hydrogens (primary N) is 1. The summed E-state index contributed by atoms with van der Waals surface area (Å²) in [6.07, 6.45) is 8.38. The zero-order valence-corrected chi connectivity index (χ0v) is 22.5. The van der Waals surface area contributed by atoms with Gasteiger partial charge in [0, 0.05) is 12.4 Å². The molecule has 1 aliphatic rings. The molecular formula is C15H22IN7O9P3+. The number of hydrogen-bond donors (Lipinski definition) is 6. The fraction of sp³-hybridized carbons (Fsp3) is 0.333. The third kappa shape index (κ3) is 5.93. The third-order valence-electron chi connectivity index (χ3n) is 4.73. The van der Waals surface area contributed by atoms with E-state index in [-0.39, 0.29) is 11.5 Å². The second kappa shape index (κ2) is 10.0. The monoisotopic (exact) mass is 664 g/mol. The first-order valence-corrected chi connectivity index (χ1v) is 17.5. The van der Waals surface area contributed by atoms with E-state index in [1.807, 2.05) is 0 Å². The summed E-state index contributed by atoms with van der Waals surface area (Å²) in [5.74, 6) is 0.134. The van der Waals surface area contributed by atoms with Gasteiger partial charge in [-0.05, 0) is 12.6 Å². The van der Waals surface area contributed by atoms with Crippen LogP contribution in [0.5, 0.6) is 0 Å². The number of fused-ring (bicyclic) bond motifs is 1. The van der Waals surface area contributed by atoms with E-state index < -0.39 is 51.8 Å². The van der Waals surface area contributed by atoms with Crippen LogP contribution in [-0.4, -0.2) is 91.3 Å². The van der Waals surface area contributed by atoms with E-state index in [2.05, 4.69) is 32.5 Å². The number of aliphatic hydroxyl groups excluding tert-OH is 2. The van der Waals surface area contributed by atoms with Gasteiger partial charge in [0.05, 0.1) is 6.33 Å². The van der Waals surface area contributed by atoms with Gasteiger partial charge in [-0.3, -0.25) is 13.2 Å². The highest BCUT2D eigenvalue weighted by Gasteiger charge is 2.50. The van der Waals surface area contributed by atoms with E-state index in [1.165, 1.54) is 58.0 Å². The minimum atomic E-state index is -4.09. The number of aromatic nitrogens is 6. The maximum atomic E-state index is 10.6. The molecule has 20 heteroatoms. The van der Waals surface area contributed by atoms with E-state index in [0.717, 1.165) is 4.34 Å². The highest BCUT2D eigenvalue weighted by Crippen LogP contribution is 2.76. The fourth-order valence-electron chi connectivity index (χ4n) is 3.20. The Hall–Kier alpha value is -1.04. The molecule has 4 rings (SSSR count). The molecule has 3 aromatic heterocycles. The van der Waals surface area contributed by atoms with Crippen LogP contribution >= 0.6 is 42.7 Å². The third-order valence-corrected chi connectivity index (χ3v) is 12.5. The van der Waals surface area contributed by atoms with Crippen molar-refractivity contribution in [2.75, 3.05) is 12.3 Å². The second-order valence-corrected chi connectivity index (χ2v) is 16.5. The van der Waals surface area contributed by atoms with Crippen LogP contribution in [0.1, 0.15) is 6.23 Å². The van der Waals surface area contributed by atoms with Crippen molar-refractivity contribution in [3.8, 4) is 0 Å². The van der Waals surface area contributed by atoms with Gasteiger partial charge in [-0.25, -0.2) is 19.9 Å². The van der Waals surface area contributed by atoms with Gasteiger partial charge in [-0.2, -0.15) is 9.42 Å². The Kier molecular flexibility index (Phi) is 7.73. The number of imidazole rings is 2. The molecule has 0 amide bonds. The zero-order valence-electron chi connectivity index (χ0n) is 17.7. The van der Waals surface area contributed by atoms with Crippen LogP contribution in [0.4, 0.5) is 5.82 Å². The van der Waals surface area contributed by atoms with Crippen molar-refractivity contribution in [2.24, 2.45) is 0 Å². The highest BCUT2D eigenvalue weighted by molar-refractivity contribution is 14.2. The summed E-state index contributed by atoms with van der Waals surface area (Å²) in [7, 11) is -7.72. The van der Waals surface area contributed by atoms with Gasteiger partial charge < -0.3 is 30.5 Å². The molecule has 16 nitrogen and oxygen atoms in total. The van der Waals surface area contributed by atoms with Crippen molar-refractivity contribution in [2.45, 2.75) is 24.5 Å². The van der Waals surface area contributed by atoms with Crippen molar-refractivity contribution in [3.63, 3.8) is 0 Å². The number of anilines is 1. The minimum Gasteiger partial charge on any atom is -0.387 e. The lowest BCUT2D eigenvalue weighted by atomic mass is 10.1. The van der Waals surface area contributed by atoms with E-state index in [4.69, 9.17) is 23.6 Å². The molecule has 0 saturated carbocycles. The summed E-state index contributed by atoms with van der Waals surface area (Å²) >= 11 is 1.41. The molecule has 192 valence electrons. The van der Waals surface area contributed by atoms with Gasteiger partial charge >= 0.3 is 13.2 Å². The van der Waals surface area contributed by atoms with Crippen molar-refractivity contribution in [1.82, 2.24) is 28.8 Å². The van der Waals surface area contributed by atoms with Gasteiger partial charge in [-0.1, -0.05) is 4.31 Å². The summed E-state index contributed by atoms with van der Waals surface area (Å²) in [6, 6.07) is 0. The first-order chi connectivity index (χ1) is 16.3. The van der Waals surface area contributed by atoms with Gasteiger partial charge in [-0.15, -0.1) is 0 Å². The summed E-state index contributed by atoms with van der Waals surface area (Å²) in [5.41, 5.74) is 2.50. The smallest absolute Gasteiger partial charge is 0.387 e. The Bertz CT molecular complexity index is 1290. The van der Waals surface area contributed by atoms with E-state index in [1.54, 1.807) is 0 Å². The Balaban J connectivity index is 1.40. The van der Waals surface area contributed by atoms with Crippen LogP contribution in [0.25, 0.3) is 11.2 Å². The molecule has 35 heavy (non-hydrogen) atoms. The molecule has 1 saturated heterocycles. The van der Waals surface area contributed by atoms with Gasteiger partial charge in [0.1, 0.15) is 43.1 Å². The van der Waals surface area contributed by atoms with Gasteiger partial charge in [0.25, 0.3) is 22.0 Å². The van der Waals surface area contributed by atoms with Crippen LogP contribution in [0.3, 0.4) is 0 Å². The maximum absolute atomic E-state index is 10.6. The molecule has 0 aliphatic carbocycles. The molecule has 1 fully saturated rings. The lowest BCUT2D eigenvalue weighted by Crippen LogP contribution is -2.33. The fourth-order valence-corrected chi connectivity index (χ4v) is 10.8. The van der Waals surface area contributed by atoms with E-state index in [9.17, 15) is 24.9 Å². The van der Waals surface area contributed by atoms with Crippen LogP contribution in [0.15, 0.2) is 31.4 Å². The van der Waals surface area contributed by atoms with Crippen molar-refractivity contribution in [3.05, 3.63) is 31.4 Å². The summed E-state index contributed by atoms with van der Waals surface area (Å²) in [4.78, 5) is 47.2. The second-order valence-electron chi connectivity index (χ2n) is 7.28. The molecule has 3 unspecified atom stereocenters. The Morgan fingerprint density at radius 1 is 1.20 bits per heavy atom. The average molecular weight is 664 g/mol. The first kappa shape index (κ1) is 27.0. The van der Waals surface area contributed by atoms with Crippen LogP contribution in [0.2, 0.25) is 0 Å². The SMILES string of the molecule is C=P(O)(OP(=C)(O)n1ccnc1)O[P+](O)(I)OC[C@H]1O[C@@H](n2cnc3c(N)ncnc32)[C@H](O)[C@@H]1O. The number of nitrogens with zero attached hydrogens (tertiary/aromatic N) is 6. The number of ether oxygens (including phenoxy) is 1. The predicted molar refractivity (Wildman–Crippen MR) is 137 cm³/mol. The number of nitrogen functional groups attached to an aromatic ring is 1. The Morgan fingerprint density at radius 2 is 1.94 bits per heavy atom. The Labute approximate surface area is 211 Å². The molecule has 4 heterocycles. The predicted octanol–water partition coefficient (Wildman–Crippen LogP) is 0.301. The molecular weight excluding hydrogens is 642 g/mol. The van der Waals surface area contributed by atoms with Crippen molar-refractivity contribution >= 4 is 72.3 Å². The van der Waals surface area contributed by atoms with E-state index >= 15 is 0 Å². The first-order valence-electron chi connectivity index (χ1n) is 9.54. The van der Waals surface area contributed by atoms with Gasteiger partial charge in [0.15, 0.2) is 17.7 Å². The standard InChI is InChI=1S/C15H22IN7O9P3/c1-33(26,22-4-3-18-7-22)31-34(2,27)32-35(16,28)29-5-9-11(24)12(25)15(30-9)23-8-21-10-13(17)19-6-20-14(10)23/h3-4,6-9,11-12,15,24-28H,1-2,5H2,(H2,17,19,20)/q+1/t9-,11-,12-,15-,33?,34?,35?/m1/s1. The topological polar surface area (TPSA) is 226 Å². The Morgan fingerprint density at radius 3 is 2.63 bits per heavy atom. The number of rotatable bonds is 9. The summed E-state index contributed by atoms with van der Waals surface area (Å²) < 4.78 is 23.9. The van der Waals surface area contributed by atoms with Crippen molar-refractivity contribution < 1.29 is 42.8 Å². The molecule has 0 spiro atoms. The lowest BCUT2D eigenvalue weighted by molar-refractivity contribution is -0.0485. The molecule has 3 aromatic rings. The minimum absolute atomic E-state index is 0.134. The maximum Gasteiger partial charge on any atom is 0.481 e. The number of halogens is 1.